The van der Waals surface area contributed by atoms with Crippen LogP contribution in [0.1, 0.15) is 43.0 Å². The molecule has 3 aliphatic heterocycles. The zero-order valence-corrected chi connectivity index (χ0v) is 22.3. The number of ketones is 2. The minimum Gasteiger partial charge on any atom is -0.352 e. The molecular formula is C35H28N2O3. The van der Waals surface area contributed by atoms with Gasteiger partial charge in [0, 0.05) is 22.5 Å². The van der Waals surface area contributed by atoms with Crippen molar-refractivity contribution in [3.05, 3.63) is 137 Å². The van der Waals surface area contributed by atoms with Crippen LogP contribution in [0.4, 0.5) is 11.4 Å². The van der Waals surface area contributed by atoms with Gasteiger partial charge in [0.25, 0.3) is 0 Å². The summed E-state index contributed by atoms with van der Waals surface area (Å²) in [5.74, 6) is -1.60. The van der Waals surface area contributed by atoms with E-state index in [1.807, 2.05) is 97.6 Å². The van der Waals surface area contributed by atoms with Gasteiger partial charge < -0.3 is 10.2 Å². The number of nitrogens with zero attached hydrogens (tertiary/aromatic N) is 1. The van der Waals surface area contributed by atoms with Crippen molar-refractivity contribution < 1.29 is 14.4 Å². The van der Waals surface area contributed by atoms with Crippen LogP contribution in [0.5, 0.6) is 0 Å². The highest BCUT2D eigenvalue weighted by Crippen LogP contribution is 2.58. The molecule has 0 aromatic heterocycles. The van der Waals surface area contributed by atoms with Gasteiger partial charge in [0.15, 0.2) is 11.6 Å². The first kappa shape index (κ1) is 24.3. The number of hydrogen-bond acceptors (Lipinski definition) is 4. The van der Waals surface area contributed by atoms with Crippen molar-refractivity contribution in [3.8, 4) is 0 Å². The lowest BCUT2D eigenvalue weighted by Gasteiger charge is -2.37. The van der Waals surface area contributed by atoms with Crippen molar-refractivity contribution in [1.82, 2.24) is 0 Å². The van der Waals surface area contributed by atoms with Crippen LogP contribution >= 0.6 is 0 Å². The topological polar surface area (TPSA) is 66.5 Å². The SMILES string of the molecule is Cc1ccc(C(=O)[C@@H]2[C@H](C(=O)c3ccccc3)N3c4ccc(C)cc4C=C[C@@H]3[C@@]23C(=O)Nc2ccccc23)cc1. The molecule has 0 radical (unpaired) electrons. The number of carbonyl (C=O) groups is 3. The smallest absolute Gasteiger partial charge is 0.238 e. The highest BCUT2D eigenvalue weighted by Gasteiger charge is 2.70. The number of anilines is 2. The van der Waals surface area contributed by atoms with E-state index < -0.39 is 23.4 Å². The lowest BCUT2D eigenvalue weighted by Crippen LogP contribution is -2.51. The first-order chi connectivity index (χ1) is 19.4. The molecule has 1 fully saturated rings. The fraction of sp³-hybridized carbons (Fsp3) is 0.171. The van der Waals surface area contributed by atoms with Gasteiger partial charge in [-0.1, -0.05) is 102 Å². The third kappa shape index (κ3) is 3.30. The minimum absolute atomic E-state index is 0.174. The Labute approximate surface area is 233 Å². The number of fused-ring (bicyclic) bond motifs is 6. The molecular weight excluding hydrogens is 496 g/mol. The van der Waals surface area contributed by atoms with E-state index in [9.17, 15) is 14.4 Å². The quantitative estimate of drug-likeness (QED) is 0.325. The maximum Gasteiger partial charge on any atom is 0.238 e. The van der Waals surface area contributed by atoms with Crippen molar-refractivity contribution in [2.45, 2.75) is 31.3 Å². The Morgan fingerprint density at radius 2 is 1.45 bits per heavy atom. The van der Waals surface area contributed by atoms with Crippen LogP contribution in [0.15, 0.2) is 103 Å². The van der Waals surface area contributed by atoms with E-state index in [-0.39, 0.29) is 17.5 Å². The fourth-order valence-corrected chi connectivity index (χ4v) is 6.97. The summed E-state index contributed by atoms with van der Waals surface area (Å²) in [5, 5.41) is 3.08. The van der Waals surface area contributed by atoms with E-state index >= 15 is 0 Å². The van der Waals surface area contributed by atoms with E-state index in [1.54, 1.807) is 24.3 Å². The summed E-state index contributed by atoms with van der Waals surface area (Å²) in [5.41, 5.74) is 5.09. The molecule has 7 rings (SSSR count). The van der Waals surface area contributed by atoms with Crippen molar-refractivity contribution in [2.24, 2.45) is 5.92 Å². The Morgan fingerprint density at radius 1 is 0.775 bits per heavy atom. The van der Waals surface area contributed by atoms with Gasteiger partial charge in [-0.05, 0) is 43.2 Å². The average molecular weight is 525 g/mol. The molecule has 4 aromatic rings. The fourth-order valence-electron chi connectivity index (χ4n) is 6.97. The third-order valence-electron chi connectivity index (χ3n) is 8.73. The predicted octanol–water partition coefficient (Wildman–Crippen LogP) is 6.16. The van der Waals surface area contributed by atoms with E-state index in [4.69, 9.17) is 0 Å². The largest absolute Gasteiger partial charge is 0.352 e. The van der Waals surface area contributed by atoms with Gasteiger partial charge in [-0.25, -0.2) is 0 Å². The average Bonchev–Trinajstić information content (AvgIpc) is 3.45. The molecule has 40 heavy (non-hydrogen) atoms. The van der Waals surface area contributed by atoms with Gasteiger partial charge in [0.05, 0.1) is 12.0 Å². The normalized spacial score (nSPS) is 23.9. The van der Waals surface area contributed by atoms with Crippen molar-refractivity contribution in [1.29, 1.82) is 0 Å². The standard InChI is InChI=1S/C35H28N2O3/c1-21-12-15-24(16-13-21)32(38)30-31(33(39)23-8-4-3-5-9-23)37-28-18-14-22(2)20-25(28)17-19-29(37)35(30)26-10-6-7-11-27(26)36-34(35)40/h3-20,29-31H,1-2H3,(H,36,40)/t29-,30+,31-,35-/m1/s1. The van der Waals surface area contributed by atoms with Crippen LogP contribution in [-0.2, 0) is 10.2 Å². The number of carbonyl (C=O) groups excluding carboxylic acids is 3. The van der Waals surface area contributed by atoms with Crippen molar-refractivity contribution in [2.75, 3.05) is 10.2 Å². The van der Waals surface area contributed by atoms with E-state index in [0.717, 1.165) is 27.9 Å². The van der Waals surface area contributed by atoms with E-state index in [1.165, 1.54) is 0 Å². The summed E-state index contributed by atoms with van der Waals surface area (Å²) < 4.78 is 0. The Kier molecular flexibility index (Phi) is 5.39. The molecule has 1 spiro atoms. The molecule has 3 heterocycles. The Hall–Kier alpha value is -4.77. The lowest BCUT2D eigenvalue weighted by molar-refractivity contribution is -0.121. The lowest BCUT2D eigenvalue weighted by atomic mass is 9.64. The van der Waals surface area contributed by atoms with Gasteiger partial charge in [0.2, 0.25) is 5.91 Å². The van der Waals surface area contributed by atoms with Gasteiger partial charge in [-0.15, -0.1) is 0 Å². The summed E-state index contributed by atoms with van der Waals surface area (Å²) in [7, 11) is 0. The molecule has 1 amide bonds. The number of amides is 1. The summed E-state index contributed by atoms with van der Waals surface area (Å²) >= 11 is 0. The summed E-state index contributed by atoms with van der Waals surface area (Å²) in [6.07, 6.45) is 4.04. The van der Waals surface area contributed by atoms with Crippen LogP contribution in [0.3, 0.4) is 0 Å². The Balaban J connectivity index is 1.54. The number of aryl methyl sites for hydroxylation is 2. The van der Waals surface area contributed by atoms with E-state index in [2.05, 4.69) is 11.4 Å². The highest BCUT2D eigenvalue weighted by atomic mass is 16.2. The van der Waals surface area contributed by atoms with Gasteiger partial charge in [-0.2, -0.15) is 0 Å². The van der Waals surface area contributed by atoms with Crippen LogP contribution in [0.2, 0.25) is 0 Å². The second-order valence-corrected chi connectivity index (χ2v) is 11.0. The summed E-state index contributed by atoms with van der Waals surface area (Å²) in [4.78, 5) is 45.7. The van der Waals surface area contributed by atoms with Crippen LogP contribution in [-0.4, -0.2) is 29.6 Å². The van der Waals surface area contributed by atoms with Gasteiger partial charge in [-0.3, -0.25) is 14.4 Å². The number of rotatable bonds is 4. The maximum absolute atomic E-state index is 14.7. The first-order valence-electron chi connectivity index (χ1n) is 13.6. The molecule has 1 saturated heterocycles. The van der Waals surface area contributed by atoms with Gasteiger partial charge in [0.1, 0.15) is 11.5 Å². The van der Waals surface area contributed by atoms with Crippen LogP contribution < -0.4 is 10.2 Å². The van der Waals surface area contributed by atoms with E-state index in [0.29, 0.717) is 16.8 Å². The highest BCUT2D eigenvalue weighted by molar-refractivity contribution is 6.18. The minimum atomic E-state index is -1.30. The second-order valence-electron chi connectivity index (χ2n) is 11.0. The monoisotopic (exact) mass is 524 g/mol. The maximum atomic E-state index is 14.7. The Bertz CT molecular complexity index is 1720. The number of Topliss-reactive ketones (excluding diaryl/α,β-unsaturated/α-hetero) is 2. The van der Waals surface area contributed by atoms with Crippen molar-refractivity contribution in [3.63, 3.8) is 0 Å². The number of para-hydroxylation sites is 1. The molecule has 196 valence electrons. The molecule has 0 aliphatic carbocycles. The third-order valence-corrected chi connectivity index (χ3v) is 8.73. The molecule has 1 N–H and O–H groups in total. The molecule has 0 unspecified atom stereocenters. The molecule has 4 aromatic carbocycles. The molecule has 3 aliphatic rings. The van der Waals surface area contributed by atoms with Crippen molar-refractivity contribution >= 4 is 34.9 Å². The summed E-state index contributed by atoms with van der Waals surface area (Å²) in [6, 6.07) is 28.8. The molecule has 0 saturated carbocycles. The molecule has 5 nitrogen and oxygen atoms in total. The van der Waals surface area contributed by atoms with Crippen LogP contribution in [0, 0.1) is 19.8 Å². The second kappa shape index (κ2) is 8.88. The first-order valence-corrected chi connectivity index (χ1v) is 13.6. The number of benzene rings is 4. The molecule has 0 bridgehead atoms. The number of hydrogen-bond donors (Lipinski definition) is 1. The predicted molar refractivity (Wildman–Crippen MR) is 157 cm³/mol. The Morgan fingerprint density at radius 3 is 2.23 bits per heavy atom. The summed E-state index contributed by atoms with van der Waals surface area (Å²) in [6.45, 7) is 4.00. The van der Waals surface area contributed by atoms with Crippen LogP contribution in [0.25, 0.3) is 6.08 Å². The zero-order valence-electron chi connectivity index (χ0n) is 22.3. The molecule has 4 atom stereocenters. The zero-order chi connectivity index (χ0) is 27.6. The molecule has 5 heteroatoms. The van der Waals surface area contributed by atoms with Gasteiger partial charge >= 0.3 is 0 Å². The number of nitrogens with one attached hydrogen (secondary N) is 1.